The van der Waals surface area contributed by atoms with Crippen molar-refractivity contribution in [3.05, 3.63) is 42.0 Å². The number of halogens is 1. The van der Waals surface area contributed by atoms with Crippen LogP contribution in [0.25, 0.3) is 10.8 Å². The van der Waals surface area contributed by atoms with Crippen LogP contribution >= 0.6 is 11.6 Å². The maximum Gasteiger partial charge on any atom is 0.181 e. The van der Waals surface area contributed by atoms with Crippen LogP contribution in [0.3, 0.4) is 0 Å². The smallest absolute Gasteiger partial charge is 0.181 e. The van der Waals surface area contributed by atoms with Gasteiger partial charge in [-0.15, -0.1) is 11.6 Å². The van der Waals surface area contributed by atoms with Gasteiger partial charge in [0.05, 0.1) is 11.4 Å². The molecule has 2 nitrogen and oxygen atoms in total. The fourth-order valence-electron chi connectivity index (χ4n) is 1.62. The highest BCUT2D eigenvalue weighted by Crippen LogP contribution is 2.27. The molecule has 15 heavy (non-hydrogen) atoms. The molecule has 0 amide bonds. The first-order valence-electron chi connectivity index (χ1n) is 4.54. The monoisotopic (exact) mass is 220 g/mol. The Morgan fingerprint density at radius 1 is 1.20 bits per heavy atom. The number of fused-ring (bicyclic) bond motifs is 1. The van der Waals surface area contributed by atoms with Gasteiger partial charge >= 0.3 is 0 Å². The van der Waals surface area contributed by atoms with E-state index in [4.69, 9.17) is 11.6 Å². The fourth-order valence-corrected chi connectivity index (χ4v) is 1.75. The molecule has 0 aliphatic rings. The molecule has 0 aliphatic heterocycles. The van der Waals surface area contributed by atoms with E-state index in [1.165, 1.54) is 6.07 Å². The quantitative estimate of drug-likeness (QED) is 0.624. The zero-order chi connectivity index (χ0) is 10.8. The molecule has 0 unspecified atom stereocenters. The van der Waals surface area contributed by atoms with E-state index in [-0.39, 0.29) is 17.4 Å². The summed E-state index contributed by atoms with van der Waals surface area (Å²) >= 11 is 5.50. The summed E-state index contributed by atoms with van der Waals surface area (Å²) < 4.78 is 0. The number of hydrogen-bond donors (Lipinski definition) is 1. The van der Waals surface area contributed by atoms with Crippen LogP contribution in [-0.4, -0.2) is 16.8 Å². The molecular weight excluding hydrogens is 212 g/mol. The van der Waals surface area contributed by atoms with Crippen LogP contribution in [0.1, 0.15) is 10.4 Å². The summed E-state index contributed by atoms with van der Waals surface area (Å²) in [4.78, 5) is 11.6. The Morgan fingerprint density at radius 3 is 2.67 bits per heavy atom. The molecule has 0 fully saturated rings. The Balaban J connectivity index is 2.79. The summed E-state index contributed by atoms with van der Waals surface area (Å²) in [6.07, 6.45) is 0. The lowest BCUT2D eigenvalue weighted by molar-refractivity contribution is 0.102. The third kappa shape index (κ3) is 1.68. The third-order valence-corrected chi connectivity index (χ3v) is 2.55. The Morgan fingerprint density at radius 2 is 1.93 bits per heavy atom. The molecule has 0 bridgehead atoms. The Hall–Kier alpha value is -1.54. The minimum atomic E-state index is -0.258. The molecular formula is C12H9ClO2. The molecule has 2 aromatic rings. The van der Waals surface area contributed by atoms with Gasteiger partial charge in [0.2, 0.25) is 0 Å². The maximum atomic E-state index is 11.6. The number of rotatable bonds is 2. The van der Waals surface area contributed by atoms with Crippen molar-refractivity contribution < 1.29 is 9.90 Å². The van der Waals surface area contributed by atoms with E-state index in [2.05, 4.69) is 0 Å². The van der Waals surface area contributed by atoms with Crippen molar-refractivity contribution in [1.82, 2.24) is 0 Å². The number of benzene rings is 2. The molecule has 0 spiro atoms. The average molecular weight is 221 g/mol. The van der Waals surface area contributed by atoms with Crippen LogP contribution in [0.15, 0.2) is 36.4 Å². The fraction of sp³-hybridized carbons (Fsp3) is 0.0833. The van der Waals surface area contributed by atoms with E-state index in [0.717, 1.165) is 10.8 Å². The van der Waals surface area contributed by atoms with Crippen LogP contribution in [0.4, 0.5) is 0 Å². The molecule has 3 heteroatoms. The highest BCUT2D eigenvalue weighted by Gasteiger charge is 2.13. The van der Waals surface area contributed by atoms with E-state index >= 15 is 0 Å². The van der Waals surface area contributed by atoms with Crippen molar-refractivity contribution in [2.75, 3.05) is 5.88 Å². The zero-order valence-corrected chi connectivity index (χ0v) is 8.66. The zero-order valence-electron chi connectivity index (χ0n) is 7.90. The minimum Gasteiger partial charge on any atom is -0.507 e. The first-order chi connectivity index (χ1) is 7.24. The van der Waals surface area contributed by atoms with E-state index in [1.54, 1.807) is 12.1 Å². The van der Waals surface area contributed by atoms with Crippen LogP contribution in [-0.2, 0) is 0 Å². The summed E-state index contributed by atoms with van der Waals surface area (Å²) in [7, 11) is 0. The molecule has 0 aliphatic carbocycles. The molecule has 0 saturated carbocycles. The Labute approximate surface area is 92.1 Å². The number of phenolic OH excluding ortho intramolecular Hbond substituents is 1. The molecule has 0 aromatic heterocycles. The molecule has 76 valence electrons. The van der Waals surface area contributed by atoms with Gasteiger partial charge in [-0.05, 0) is 16.8 Å². The minimum absolute atomic E-state index is 0.0145. The molecule has 2 rings (SSSR count). The van der Waals surface area contributed by atoms with Crippen molar-refractivity contribution >= 4 is 28.2 Å². The van der Waals surface area contributed by atoms with Crippen LogP contribution in [0.2, 0.25) is 0 Å². The molecule has 0 radical (unpaired) electrons. The third-order valence-electron chi connectivity index (χ3n) is 2.31. The maximum absolute atomic E-state index is 11.6. The average Bonchev–Trinajstić information content (AvgIpc) is 2.28. The summed E-state index contributed by atoms with van der Waals surface area (Å²) in [5.74, 6) is -0.396. The highest BCUT2D eigenvalue weighted by molar-refractivity contribution is 6.32. The van der Waals surface area contributed by atoms with Gasteiger partial charge in [0, 0.05) is 0 Å². The second kappa shape index (κ2) is 3.91. The van der Waals surface area contributed by atoms with Gasteiger partial charge in [0.25, 0.3) is 0 Å². The highest BCUT2D eigenvalue weighted by atomic mass is 35.5. The Kier molecular flexibility index (Phi) is 2.60. The molecule has 1 N–H and O–H groups in total. The number of carbonyl (C=O) groups is 1. The summed E-state index contributed by atoms with van der Waals surface area (Å²) in [6, 6.07) is 10.7. The van der Waals surface area contributed by atoms with Gasteiger partial charge in [0.15, 0.2) is 5.78 Å². The number of ketones is 1. The van der Waals surface area contributed by atoms with E-state index in [0.29, 0.717) is 5.56 Å². The lowest BCUT2D eigenvalue weighted by Gasteiger charge is -2.06. The lowest BCUT2D eigenvalue weighted by atomic mass is 10.0. The summed E-state index contributed by atoms with van der Waals surface area (Å²) in [5, 5.41) is 11.3. The second-order valence-corrected chi connectivity index (χ2v) is 3.50. The lowest BCUT2D eigenvalue weighted by Crippen LogP contribution is -2.01. The number of hydrogen-bond acceptors (Lipinski definition) is 2. The van der Waals surface area contributed by atoms with Crippen molar-refractivity contribution in [3.8, 4) is 5.75 Å². The topological polar surface area (TPSA) is 37.3 Å². The number of alkyl halides is 1. The van der Waals surface area contributed by atoms with Gasteiger partial charge in [0.1, 0.15) is 5.75 Å². The second-order valence-electron chi connectivity index (χ2n) is 3.24. The molecule has 2 aromatic carbocycles. The number of phenols is 1. The number of Topliss-reactive ketones (excluding diaryl/α,β-unsaturated/α-hetero) is 1. The standard InChI is InChI=1S/C12H9ClO2/c13-7-11(15)12-9-4-2-1-3-8(9)5-6-10(12)14/h1-6,14H,7H2. The van der Waals surface area contributed by atoms with Gasteiger partial charge in [-0.1, -0.05) is 30.3 Å². The molecule has 0 saturated heterocycles. The molecule has 0 atom stereocenters. The summed E-state index contributed by atoms with van der Waals surface area (Å²) in [5.41, 5.74) is 0.308. The molecule has 0 heterocycles. The van der Waals surface area contributed by atoms with Crippen molar-refractivity contribution in [2.24, 2.45) is 0 Å². The van der Waals surface area contributed by atoms with E-state index in [9.17, 15) is 9.90 Å². The Bertz CT molecular complexity index is 520. The summed E-state index contributed by atoms with van der Waals surface area (Å²) in [6.45, 7) is 0. The van der Waals surface area contributed by atoms with Crippen molar-refractivity contribution in [3.63, 3.8) is 0 Å². The number of carbonyl (C=O) groups excluding carboxylic acids is 1. The normalized spacial score (nSPS) is 10.5. The van der Waals surface area contributed by atoms with Gasteiger partial charge < -0.3 is 5.11 Å². The van der Waals surface area contributed by atoms with Crippen molar-refractivity contribution in [1.29, 1.82) is 0 Å². The van der Waals surface area contributed by atoms with Crippen LogP contribution in [0.5, 0.6) is 5.75 Å². The van der Waals surface area contributed by atoms with E-state index in [1.807, 2.05) is 18.2 Å². The predicted molar refractivity (Wildman–Crippen MR) is 60.7 cm³/mol. The van der Waals surface area contributed by atoms with Gasteiger partial charge in [-0.2, -0.15) is 0 Å². The predicted octanol–water partition coefficient (Wildman–Crippen LogP) is 2.97. The van der Waals surface area contributed by atoms with Gasteiger partial charge in [-0.3, -0.25) is 4.79 Å². The van der Waals surface area contributed by atoms with Gasteiger partial charge in [-0.25, -0.2) is 0 Å². The van der Waals surface area contributed by atoms with Crippen molar-refractivity contribution in [2.45, 2.75) is 0 Å². The largest absolute Gasteiger partial charge is 0.507 e. The van der Waals surface area contributed by atoms with E-state index < -0.39 is 0 Å². The SMILES string of the molecule is O=C(CCl)c1c(O)ccc2ccccc12. The van der Waals surface area contributed by atoms with Crippen LogP contribution in [0, 0.1) is 0 Å². The first kappa shape index (κ1) is 9.99. The first-order valence-corrected chi connectivity index (χ1v) is 5.07. The van der Waals surface area contributed by atoms with Crippen LogP contribution < -0.4 is 0 Å². The number of aromatic hydroxyl groups is 1.